The number of aromatic nitrogens is 1. The summed E-state index contributed by atoms with van der Waals surface area (Å²) in [6.45, 7) is 17.4. The van der Waals surface area contributed by atoms with Crippen LogP contribution in [0.1, 0.15) is 83.8 Å². The Labute approximate surface area is 381 Å². The number of hydrogen-bond donors (Lipinski definition) is 3. The Morgan fingerprint density at radius 3 is 2.54 bits per heavy atom. The number of alkyl carbamates (subject to hydrolysis) is 1. The average molecular weight is 917 g/mol. The number of nitrogens with one attached hydrogen (secondary N) is 3. The monoisotopic (exact) mass is 916 g/mol. The summed E-state index contributed by atoms with van der Waals surface area (Å²) in [5, 5.41) is 6.58. The molecule has 16 nitrogen and oxygen atoms in total. The molecule has 5 heterocycles. The highest BCUT2D eigenvalue weighted by Crippen LogP contribution is 2.71. The molecule has 65 heavy (non-hydrogen) atoms. The Morgan fingerprint density at radius 1 is 1.11 bits per heavy atom. The fourth-order valence-corrected chi connectivity index (χ4v) is 11.5. The van der Waals surface area contributed by atoms with E-state index in [2.05, 4.69) is 26.8 Å². The number of fused-ring (bicyclic) bond motifs is 8. The Kier molecular flexibility index (Phi) is 12.0. The van der Waals surface area contributed by atoms with Crippen LogP contribution >= 0.6 is 0 Å². The van der Waals surface area contributed by atoms with E-state index in [1.54, 1.807) is 13.0 Å². The highest BCUT2D eigenvalue weighted by atomic mass is 32.2. The van der Waals surface area contributed by atoms with Gasteiger partial charge in [0.25, 0.3) is 5.91 Å². The van der Waals surface area contributed by atoms with E-state index in [0.29, 0.717) is 55.0 Å². The summed E-state index contributed by atoms with van der Waals surface area (Å²) in [6, 6.07) is 3.79. The van der Waals surface area contributed by atoms with E-state index in [1.165, 1.54) is 17.1 Å². The van der Waals surface area contributed by atoms with Crippen molar-refractivity contribution in [3.8, 4) is 11.6 Å². The first kappa shape index (κ1) is 45.4. The molecule has 3 saturated carbocycles. The molecule has 1 aromatic carbocycles. The maximum Gasteiger partial charge on any atom is 0.408 e. The second kappa shape index (κ2) is 17.2. The molecule has 5 fully saturated rings. The van der Waals surface area contributed by atoms with Crippen molar-refractivity contribution in [2.24, 2.45) is 29.1 Å². The van der Waals surface area contributed by atoms with Crippen molar-refractivity contribution in [2.75, 3.05) is 46.0 Å². The lowest BCUT2D eigenvalue weighted by Gasteiger charge is -2.42. The number of carbonyl (C=O) groups is 4. The van der Waals surface area contributed by atoms with Crippen molar-refractivity contribution in [2.45, 2.75) is 121 Å². The Bertz CT molecular complexity index is 2380. The fraction of sp³-hybridized carbons (Fsp3) is 0.646. The van der Waals surface area contributed by atoms with Crippen molar-refractivity contribution in [3.63, 3.8) is 0 Å². The first-order chi connectivity index (χ1) is 30.9. The van der Waals surface area contributed by atoms with E-state index in [0.717, 1.165) is 80.8 Å². The van der Waals surface area contributed by atoms with E-state index in [1.807, 2.05) is 45.9 Å². The third-order valence-electron chi connectivity index (χ3n) is 14.9. The molecule has 17 heteroatoms. The minimum atomic E-state index is -4.07. The first-order valence-electron chi connectivity index (χ1n) is 23.4. The summed E-state index contributed by atoms with van der Waals surface area (Å²) in [4.78, 5) is 66.2. The summed E-state index contributed by atoms with van der Waals surface area (Å²) in [5.74, 6) is -0.654. The van der Waals surface area contributed by atoms with Gasteiger partial charge < -0.3 is 34.5 Å². The molecule has 4 aliphatic heterocycles. The summed E-state index contributed by atoms with van der Waals surface area (Å²) in [6.07, 6.45) is 8.02. The molecular formula is C48H64N6O10S. The van der Waals surface area contributed by atoms with E-state index < -0.39 is 73.6 Å². The quantitative estimate of drug-likeness (QED) is 0.214. The summed E-state index contributed by atoms with van der Waals surface area (Å²) in [5.41, 5.74) is -0.0625. The first-order valence-corrected chi connectivity index (χ1v) is 24.9. The van der Waals surface area contributed by atoms with Crippen LogP contribution in [0.25, 0.3) is 10.9 Å². The molecule has 1 aromatic heterocycles. The zero-order valence-corrected chi connectivity index (χ0v) is 39.0. The molecule has 2 saturated heterocycles. The lowest BCUT2D eigenvalue weighted by atomic mass is 9.73. The van der Waals surface area contributed by atoms with E-state index in [4.69, 9.17) is 23.9 Å². The second-order valence-corrected chi connectivity index (χ2v) is 22.8. The van der Waals surface area contributed by atoms with Crippen LogP contribution in [0, 0.1) is 36.0 Å². The molecule has 8 aliphatic rings. The SMILES string of the molecule is C=C[C@@H]1C=C[C@]1(NC(=O)[C@@H]1C[C@@H]2CN1C(=O)[C@H](C(C)(C)C)NC(=O)O[C@@H]1C3C(CCCCc4c(nc5cc(C)ccc5c4OCCCN4CCOCC4)O2)[C@H]31)C(=O)NS(=O)(=O)C1(C)CC1. The van der Waals surface area contributed by atoms with E-state index in [-0.39, 0.29) is 19.1 Å². The van der Waals surface area contributed by atoms with Gasteiger partial charge >= 0.3 is 6.09 Å². The standard InChI is InChI=1S/C48H64N6O10S/c1-7-29-15-16-48(29,44(57)52-65(59,60)47(6)17-18-47)51-41(55)35-26-30-27-54(35)43(56)40(46(3,4)5)50-45(58)64-39-36-32(37(36)39)11-8-9-12-33-38(62-22-10-19-53-20-23-61-24-21-53)31-14-13-28(2)25-34(31)49-42(33)63-30/h7,13-16,25,29-30,32,35-37,39-40H,1,8-12,17-24,26-27H2,2-6H3,(H,50,58)(H,51,55)(H,52,57)/t29-,30-,32?,35+,36-,37?,39+,40-,48-/m1/s1. The van der Waals surface area contributed by atoms with Gasteiger partial charge in [-0.3, -0.25) is 24.0 Å². The Hall–Kier alpha value is -4.74. The third kappa shape index (κ3) is 8.84. The summed E-state index contributed by atoms with van der Waals surface area (Å²) < 4.78 is 52.8. The van der Waals surface area contributed by atoms with Crippen molar-refractivity contribution in [1.29, 1.82) is 0 Å². The maximum atomic E-state index is 15.0. The number of carbonyl (C=O) groups excluding carboxylic acids is 4. The van der Waals surface area contributed by atoms with Crippen molar-refractivity contribution < 1.29 is 46.5 Å². The normalized spacial score (nSPS) is 31.9. The fourth-order valence-electron chi connectivity index (χ4n) is 10.2. The number of morpholine rings is 1. The van der Waals surface area contributed by atoms with E-state index in [9.17, 15) is 27.6 Å². The lowest BCUT2D eigenvalue weighted by molar-refractivity contribution is -0.143. The van der Waals surface area contributed by atoms with Gasteiger partial charge in [-0.1, -0.05) is 51.5 Å². The van der Waals surface area contributed by atoms with Crippen molar-refractivity contribution in [3.05, 3.63) is 54.1 Å². The van der Waals surface area contributed by atoms with Crippen molar-refractivity contribution in [1.82, 2.24) is 30.1 Å². The molecular weight excluding hydrogens is 853 g/mol. The molecule has 2 aromatic rings. The third-order valence-corrected chi connectivity index (χ3v) is 17.0. The second-order valence-electron chi connectivity index (χ2n) is 20.6. The Morgan fingerprint density at radius 2 is 1.86 bits per heavy atom. The predicted octanol–water partition coefficient (Wildman–Crippen LogP) is 4.33. The highest BCUT2D eigenvalue weighted by molar-refractivity contribution is 7.91. The molecule has 10 rings (SSSR count). The highest BCUT2D eigenvalue weighted by Gasteiger charge is 2.75. The molecule has 3 N–H and O–H groups in total. The van der Waals surface area contributed by atoms with Crippen LogP contribution in [0.15, 0.2) is 43.0 Å². The molecule has 4 bridgehead atoms. The molecule has 4 amide bonds. The number of hydrogen-bond acceptors (Lipinski definition) is 12. The number of nitrogens with zero attached hydrogens (tertiary/aromatic N) is 3. The molecule has 2 unspecified atom stereocenters. The topological polar surface area (TPSA) is 195 Å². The number of amides is 4. The lowest BCUT2D eigenvalue weighted by Crippen LogP contribution is -2.68. The van der Waals surface area contributed by atoms with Gasteiger partial charge in [0, 0.05) is 49.2 Å². The number of sulfonamides is 1. The van der Waals surface area contributed by atoms with Gasteiger partial charge in [0.05, 0.1) is 42.2 Å². The molecule has 4 aliphatic carbocycles. The molecule has 0 radical (unpaired) electrons. The predicted molar refractivity (Wildman–Crippen MR) is 241 cm³/mol. The Balaban J connectivity index is 1.05. The van der Waals surface area contributed by atoms with Crippen LogP contribution < -0.4 is 24.8 Å². The molecule has 352 valence electrons. The number of benzene rings is 1. The van der Waals surface area contributed by atoms with Gasteiger partial charge in [-0.05, 0) is 81.4 Å². The smallest absolute Gasteiger partial charge is 0.408 e. The van der Waals surface area contributed by atoms with Gasteiger partial charge in [-0.2, -0.15) is 0 Å². The largest absolute Gasteiger partial charge is 0.492 e. The summed E-state index contributed by atoms with van der Waals surface area (Å²) in [7, 11) is -4.07. The number of aryl methyl sites for hydroxylation is 1. The van der Waals surface area contributed by atoms with Crippen LogP contribution in [0.3, 0.4) is 0 Å². The zero-order chi connectivity index (χ0) is 46.1. The van der Waals surface area contributed by atoms with Gasteiger partial charge in [0.2, 0.25) is 27.7 Å². The van der Waals surface area contributed by atoms with Crippen molar-refractivity contribution >= 4 is 44.7 Å². The molecule has 9 atom stereocenters. The van der Waals surface area contributed by atoms with Crippen LogP contribution in [0.4, 0.5) is 4.79 Å². The van der Waals surface area contributed by atoms with Gasteiger partial charge in [0.15, 0.2) is 0 Å². The van der Waals surface area contributed by atoms with Gasteiger partial charge in [0.1, 0.15) is 35.6 Å². The minimum absolute atomic E-state index is 0.00521. The number of ether oxygens (including phenoxy) is 4. The van der Waals surface area contributed by atoms with Crippen LogP contribution in [0.2, 0.25) is 0 Å². The zero-order valence-electron chi connectivity index (χ0n) is 38.2. The molecule has 0 spiro atoms. The van der Waals surface area contributed by atoms with Gasteiger partial charge in [-0.15, -0.1) is 6.58 Å². The van der Waals surface area contributed by atoms with Crippen LogP contribution in [0.5, 0.6) is 11.6 Å². The summed E-state index contributed by atoms with van der Waals surface area (Å²) >= 11 is 0. The van der Waals surface area contributed by atoms with Crippen LogP contribution in [-0.4, -0.2) is 128 Å². The maximum absolute atomic E-state index is 15.0. The van der Waals surface area contributed by atoms with Gasteiger partial charge in [-0.25, -0.2) is 18.2 Å². The average Bonchev–Trinajstić information content (AvgIpc) is 4.21. The number of pyridine rings is 1. The van der Waals surface area contributed by atoms with E-state index >= 15 is 0 Å². The van der Waals surface area contributed by atoms with Crippen LogP contribution in [-0.2, 0) is 40.3 Å². The number of rotatable bonds is 11. The minimum Gasteiger partial charge on any atom is -0.492 e.